The van der Waals surface area contributed by atoms with E-state index in [0.717, 1.165) is 25.2 Å². The molecule has 2 saturated carbocycles. The van der Waals surface area contributed by atoms with E-state index in [9.17, 15) is 14.7 Å². The summed E-state index contributed by atoms with van der Waals surface area (Å²) in [5, 5.41) is 12.1. The molecule has 0 aromatic carbocycles. The molecule has 2 aliphatic rings. The van der Waals surface area contributed by atoms with Crippen molar-refractivity contribution in [2.75, 3.05) is 13.7 Å². The van der Waals surface area contributed by atoms with Crippen molar-refractivity contribution in [3.05, 3.63) is 0 Å². The predicted octanol–water partition coefficient (Wildman–Crippen LogP) is 1.24. The number of hydrogen-bond acceptors (Lipinski definition) is 4. The Morgan fingerprint density at radius 2 is 1.90 bits per heavy atom. The average Bonchev–Trinajstić information content (AvgIpc) is 2.50. The van der Waals surface area contributed by atoms with E-state index in [2.05, 4.69) is 10.1 Å². The lowest BCUT2D eigenvalue weighted by Crippen LogP contribution is -2.42. The first kappa shape index (κ1) is 15.3. The molecular formula is C15H25NO4. The standard InChI is InChI=1S/C15H25NO4/c1-20-15(19)13(17)9-16-14(18)12-7-6-10-4-2-3-5-11(10)8-12/h10-13,17H,2-9H2,1H3,(H,16,18). The predicted molar refractivity (Wildman–Crippen MR) is 73.8 cm³/mol. The van der Waals surface area contributed by atoms with E-state index in [1.54, 1.807) is 0 Å². The van der Waals surface area contributed by atoms with Crippen LogP contribution in [0.3, 0.4) is 0 Å². The van der Waals surface area contributed by atoms with Gasteiger partial charge in [-0.05, 0) is 31.1 Å². The number of nitrogens with one attached hydrogen (secondary N) is 1. The van der Waals surface area contributed by atoms with Gasteiger partial charge in [0, 0.05) is 5.92 Å². The first-order valence-electron chi connectivity index (χ1n) is 7.65. The molecule has 0 saturated heterocycles. The number of aliphatic hydroxyl groups is 1. The van der Waals surface area contributed by atoms with Crippen LogP contribution in [0.25, 0.3) is 0 Å². The van der Waals surface area contributed by atoms with Crippen LogP contribution in [0.4, 0.5) is 0 Å². The summed E-state index contributed by atoms with van der Waals surface area (Å²) in [5.74, 6) is 0.810. The first-order chi connectivity index (χ1) is 9.61. The number of ether oxygens (including phenoxy) is 1. The van der Waals surface area contributed by atoms with Crippen LogP contribution in [0.15, 0.2) is 0 Å². The zero-order chi connectivity index (χ0) is 14.5. The molecular weight excluding hydrogens is 258 g/mol. The summed E-state index contributed by atoms with van der Waals surface area (Å²) in [6.45, 7) is -0.0594. The van der Waals surface area contributed by atoms with Crippen LogP contribution in [0.5, 0.6) is 0 Å². The Labute approximate surface area is 120 Å². The van der Waals surface area contributed by atoms with Gasteiger partial charge in [0.1, 0.15) is 0 Å². The molecule has 4 atom stereocenters. The molecule has 0 aromatic heterocycles. The van der Waals surface area contributed by atoms with Gasteiger partial charge in [-0.25, -0.2) is 4.79 Å². The second-order valence-corrected chi connectivity index (χ2v) is 6.10. The maximum Gasteiger partial charge on any atom is 0.336 e. The van der Waals surface area contributed by atoms with Gasteiger partial charge in [0.25, 0.3) is 0 Å². The topological polar surface area (TPSA) is 75.6 Å². The molecule has 5 nitrogen and oxygen atoms in total. The summed E-state index contributed by atoms with van der Waals surface area (Å²) in [6.07, 6.45) is 6.96. The van der Waals surface area contributed by atoms with E-state index in [4.69, 9.17) is 0 Å². The summed E-state index contributed by atoms with van der Waals surface area (Å²) < 4.78 is 4.42. The molecule has 0 spiro atoms. The zero-order valence-electron chi connectivity index (χ0n) is 12.1. The fourth-order valence-corrected chi connectivity index (χ4v) is 3.67. The minimum Gasteiger partial charge on any atom is -0.467 e. The molecule has 2 aliphatic carbocycles. The van der Waals surface area contributed by atoms with E-state index in [1.165, 1.54) is 32.8 Å². The molecule has 4 unspecified atom stereocenters. The molecule has 2 fully saturated rings. The quantitative estimate of drug-likeness (QED) is 0.761. The Balaban J connectivity index is 1.77. The van der Waals surface area contributed by atoms with E-state index in [0.29, 0.717) is 5.92 Å². The highest BCUT2D eigenvalue weighted by molar-refractivity contribution is 5.80. The van der Waals surface area contributed by atoms with Crippen molar-refractivity contribution in [1.29, 1.82) is 0 Å². The van der Waals surface area contributed by atoms with Crippen molar-refractivity contribution in [3.63, 3.8) is 0 Å². The van der Waals surface area contributed by atoms with Crippen molar-refractivity contribution in [3.8, 4) is 0 Å². The Bertz CT molecular complexity index is 358. The van der Waals surface area contributed by atoms with Crippen molar-refractivity contribution >= 4 is 11.9 Å². The smallest absolute Gasteiger partial charge is 0.336 e. The summed E-state index contributed by atoms with van der Waals surface area (Å²) in [7, 11) is 1.22. The lowest BCUT2D eigenvalue weighted by Gasteiger charge is -2.38. The van der Waals surface area contributed by atoms with Gasteiger partial charge in [0.2, 0.25) is 5.91 Å². The summed E-state index contributed by atoms with van der Waals surface area (Å²) >= 11 is 0. The number of carbonyl (C=O) groups is 2. The SMILES string of the molecule is COC(=O)C(O)CNC(=O)C1CCC2CCCCC2C1. The Hall–Kier alpha value is -1.10. The van der Waals surface area contributed by atoms with Gasteiger partial charge in [0.05, 0.1) is 13.7 Å². The monoisotopic (exact) mass is 283 g/mol. The van der Waals surface area contributed by atoms with Crippen LogP contribution in [0.1, 0.15) is 44.9 Å². The van der Waals surface area contributed by atoms with Gasteiger partial charge in [-0.3, -0.25) is 4.79 Å². The molecule has 114 valence electrons. The normalized spacial score (nSPS) is 31.0. The van der Waals surface area contributed by atoms with Gasteiger partial charge >= 0.3 is 5.97 Å². The molecule has 2 N–H and O–H groups in total. The van der Waals surface area contributed by atoms with Crippen LogP contribution < -0.4 is 5.32 Å². The highest BCUT2D eigenvalue weighted by atomic mass is 16.5. The summed E-state index contributed by atoms with van der Waals surface area (Å²) in [6, 6.07) is 0. The van der Waals surface area contributed by atoms with Crippen molar-refractivity contribution in [2.24, 2.45) is 17.8 Å². The molecule has 0 aliphatic heterocycles. The van der Waals surface area contributed by atoms with Crippen LogP contribution in [0, 0.1) is 17.8 Å². The first-order valence-corrected chi connectivity index (χ1v) is 7.65. The van der Waals surface area contributed by atoms with Crippen LogP contribution >= 0.6 is 0 Å². The molecule has 0 heterocycles. The molecule has 2 rings (SSSR count). The third-order valence-corrected chi connectivity index (χ3v) is 4.85. The number of aliphatic hydroxyl groups excluding tert-OH is 1. The van der Waals surface area contributed by atoms with Crippen molar-refractivity contribution < 1.29 is 19.4 Å². The molecule has 0 bridgehead atoms. The van der Waals surface area contributed by atoms with E-state index in [1.807, 2.05) is 0 Å². The fraction of sp³-hybridized carbons (Fsp3) is 0.867. The molecule has 1 amide bonds. The molecule has 0 aromatic rings. The highest BCUT2D eigenvalue weighted by Gasteiger charge is 2.35. The molecule has 20 heavy (non-hydrogen) atoms. The lowest BCUT2D eigenvalue weighted by atomic mass is 9.67. The van der Waals surface area contributed by atoms with Gasteiger partial charge in [-0.15, -0.1) is 0 Å². The summed E-state index contributed by atoms with van der Waals surface area (Å²) in [4.78, 5) is 23.2. The zero-order valence-corrected chi connectivity index (χ0v) is 12.1. The number of rotatable bonds is 4. The highest BCUT2D eigenvalue weighted by Crippen LogP contribution is 2.42. The Morgan fingerprint density at radius 1 is 1.20 bits per heavy atom. The Kier molecular flexibility index (Phi) is 5.40. The number of hydrogen-bond donors (Lipinski definition) is 2. The van der Waals surface area contributed by atoms with E-state index >= 15 is 0 Å². The van der Waals surface area contributed by atoms with E-state index in [-0.39, 0.29) is 18.4 Å². The Morgan fingerprint density at radius 3 is 2.60 bits per heavy atom. The third kappa shape index (κ3) is 3.72. The van der Waals surface area contributed by atoms with Gasteiger partial charge in [-0.2, -0.15) is 0 Å². The fourth-order valence-electron chi connectivity index (χ4n) is 3.67. The second kappa shape index (κ2) is 7.07. The minimum absolute atomic E-state index is 0.0306. The van der Waals surface area contributed by atoms with Gasteiger partial charge in [-0.1, -0.05) is 25.7 Å². The lowest BCUT2D eigenvalue weighted by molar-refractivity contribution is -0.150. The van der Waals surface area contributed by atoms with Gasteiger partial charge in [0.15, 0.2) is 6.10 Å². The number of carbonyl (C=O) groups excluding carboxylic acids is 2. The largest absolute Gasteiger partial charge is 0.467 e. The van der Waals surface area contributed by atoms with Crippen LogP contribution in [-0.2, 0) is 14.3 Å². The van der Waals surface area contributed by atoms with Gasteiger partial charge < -0.3 is 15.2 Å². The maximum absolute atomic E-state index is 12.1. The average molecular weight is 283 g/mol. The number of fused-ring (bicyclic) bond motifs is 1. The number of esters is 1. The van der Waals surface area contributed by atoms with Crippen molar-refractivity contribution in [1.82, 2.24) is 5.32 Å². The summed E-state index contributed by atoms with van der Waals surface area (Å²) in [5.41, 5.74) is 0. The van der Waals surface area contributed by atoms with E-state index < -0.39 is 12.1 Å². The molecule has 0 radical (unpaired) electrons. The third-order valence-electron chi connectivity index (χ3n) is 4.85. The maximum atomic E-state index is 12.1. The van der Waals surface area contributed by atoms with Crippen LogP contribution in [-0.4, -0.2) is 36.7 Å². The number of amides is 1. The minimum atomic E-state index is -1.27. The van der Waals surface area contributed by atoms with Crippen molar-refractivity contribution in [2.45, 2.75) is 51.0 Å². The molecule has 5 heteroatoms. The number of methoxy groups -OCH3 is 1. The second-order valence-electron chi connectivity index (χ2n) is 6.10. The van der Waals surface area contributed by atoms with Crippen LogP contribution in [0.2, 0.25) is 0 Å².